The van der Waals surface area contributed by atoms with Crippen LogP contribution >= 0.6 is 0 Å². The Balaban J connectivity index is 2.40. The number of ether oxygens (including phenoxy) is 3. The van der Waals surface area contributed by atoms with Crippen LogP contribution in [-0.4, -0.2) is 33.4 Å². The highest BCUT2D eigenvalue weighted by molar-refractivity contribution is 5.41. The van der Waals surface area contributed by atoms with E-state index >= 15 is 0 Å². The molecule has 0 heterocycles. The van der Waals surface area contributed by atoms with Crippen molar-refractivity contribution in [1.29, 1.82) is 0 Å². The van der Waals surface area contributed by atoms with Gasteiger partial charge in [-0.15, -0.1) is 0 Å². The highest BCUT2D eigenvalue weighted by Gasteiger charge is 2.04. The molecule has 19 heavy (non-hydrogen) atoms. The minimum atomic E-state index is 0.536. The minimum Gasteiger partial charge on any atom is -0.496 e. The summed E-state index contributed by atoms with van der Waals surface area (Å²) in [6.45, 7) is 6.02. The Labute approximate surface area is 116 Å². The van der Waals surface area contributed by atoms with Crippen LogP contribution in [0.2, 0.25) is 0 Å². The van der Waals surface area contributed by atoms with Crippen molar-refractivity contribution in [2.45, 2.75) is 32.7 Å². The molecule has 1 unspecified atom stereocenters. The Morgan fingerprint density at radius 3 is 2.16 bits per heavy atom. The molecule has 0 aromatic heterocycles. The van der Waals surface area contributed by atoms with E-state index in [4.69, 9.17) is 14.2 Å². The lowest BCUT2D eigenvalue weighted by Crippen LogP contribution is -2.25. The molecule has 0 saturated carbocycles. The number of benzene rings is 1. The van der Waals surface area contributed by atoms with Crippen LogP contribution in [0.4, 0.5) is 0 Å². The second-order valence-electron chi connectivity index (χ2n) is 4.50. The molecule has 0 spiro atoms. The molecule has 1 atom stereocenters. The summed E-state index contributed by atoms with van der Waals surface area (Å²) in [5, 5.41) is 3.39. The zero-order chi connectivity index (χ0) is 14.1. The summed E-state index contributed by atoms with van der Waals surface area (Å²) >= 11 is 0. The lowest BCUT2D eigenvalue weighted by atomic mass is 10.2. The minimum absolute atomic E-state index is 0.536. The lowest BCUT2D eigenvalue weighted by molar-refractivity contribution is 0.294. The topological polar surface area (TPSA) is 39.7 Å². The summed E-state index contributed by atoms with van der Waals surface area (Å²) in [4.78, 5) is 0. The first kappa shape index (κ1) is 15.6. The van der Waals surface area contributed by atoms with E-state index in [0.717, 1.165) is 36.6 Å². The first-order valence-electron chi connectivity index (χ1n) is 6.78. The third-order valence-corrected chi connectivity index (χ3v) is 2.93. The van der Waals surface area contributed by atoms with E-state index in [9.17, 15) is 0 Å². The van der Waals surface area contributed by atoms with E-state index in [0.29, 0.717) is 12.6 Å². The summed E-state index contributed by atoms with van der Waals surface area (Å²) in [6.07, 6.45) is 2.13. The van der Waals surface area contributed by atoms with E-state index in [1.807, 2.05) is 18.2 Å². The normalized spacial score (nSPS) is 12.0. The van der Waals surface area contributed by atoms with Gasteiger partial charge in [0.15, 0.2) is 0 Å². The molecule has 0 aliphatic heterocycles. The van der Waals surface area contributed by atoms with Gasteiger partial charge >= 0.3 is 0 Å². The van der Waals surface area contributed by atoms with Gasteiger partial charge < -0.3 is 19.5 Å². The molecule has 0 radical (unpaired) electrons. The largest absolute Gasteiger partial charge is 0.496 e. The van der Waals surface area contributed by atoms with Gasteiger partial charge in [-0.05, 0) is 26.3 Å². The highest BCUT2D eigenvalue weighted by Crippen LogP contribution is 2.27. The maximum absolute atomic E-state index is 5.73. The number of hydrogen-bond acceptors (Lipinski definition) is 4. The molecule has 1 aromatic carbocycles. The predicted molar refractivity (Wildman–Crippen MR) is 77.4 cm³/mol. The Kier molecular flexibility index (Phi) is 7.11. The molecule has 0 aliphatic carbocycles. The first-order valence-corrected chi connectivity index (χ1v) is 6.78. The summed E-state index contributed by atoms with van der Waals surface area (Å²) in [5.74, 6) is 2.28. The van der Waals surface area contributed by atoms with Crippen LogP contribution in [0.3, 0.4) is 0 Å². The molecule has 0 fully saturated rings. The van der Waals surface area contributed by atoms with E-state index in [1.54, 1.807) is 14.2 Å². The molecule has 4 heteroatoms. The molecule has 108 valence electrons. The van der Waals surface area contributed by atoms with Crippen LogP contribution in [0, 0.1) is 0 Å². The summed E-state index contributed by atoms with van der Waals surface area (Å²) < 4.78 is 16.1. The fraction of sp³-hybridized carbons (Fsp3) is 0.600. The molecule has 1 aromatic rings. The van der Waals surface area contributed by atoms with Gasteiger partial charge in [-0.25, -0.2) is 0 Å². The van der Waals surface area contributed by atoms with E-state index < -0.39 is 0 Å². The fourth-order valence-corrected chi connectivity index (χ4v) is 1.89. The number of hydrogen-bond donors (Lipinski definition) is 1. The smallest absolute Gasteiger partial charge is 0.126 e. The molecule has 1 rings (SSSR count). The Morgan fingerprint density at radius 2 is 1.63 bits per heavy atom. The Bertz CT molecular complexity index is 346. The lowest BCUT2D eigenvalue weighted by Gasteiger charge is -2.13. The fourth-order valence-electron chi connectivity index (χ4n) is 1.89. The van der Waals surface area contributed by atoms with Crippen LogP contribution in [-0.2, 0) is 0 Å². The van der Waals surface area contributed by atoms with Gasteiger partial charge in [-0.1, -0.05) is 6.92 Å². The van der Waals surface area contributed by atoms with Gasteiger partial charge in [0.2, 0.25) is 0 Å². The molecular formula is C15H25NO3. The van der Waals surface area contributed by atoms with Crippen LogP contribution in [0.25, 0.3) is 0 Å². The third-order valence-electron chi connectivity index (χ3n) is 2.93. The van der Waals surface area contributed by atoms with Crippen molar-refractivity contribution in [3.05, 3.63) is 18.2 Å². The maximum atomic E-state index is 5.73. The number of rotatable bonds is 9. The molecule has 0 amide bonds. The third kappa shape index (κ3) is 5.83. The van der Waals surface area contributed by atoms with Crippen molar-refractivity contribution in [2.24, 2.45) is 0 Å². The standard InChI is InChI=1S/C15H25NO3/c1-5-16-12(2)7-6-8-19-15-10-13(17-3)9-14(11-15)18-4/h9-12,16H,5-8H2,1-4H3. The van der Waals surface area contributed by atoms with Crippen LogP contribution in [0.5, 0.6) is 17.2 Å². The Hall–Kier alpha value is -1.42. The summed E-state index contributed by atoms with van der Waals surface area (Å²) in [5.41, 5.74) is 0. The average molecular weight is 267 g/mol. The van der Waals surface area contributed by atoms with E-state index in [2.05, 4.69) is 19.2 Å². The van der Waals surface area contributed by atoms with Crippen molar-refractivity contribution >= 4 is 0 Å². The second kappa shape index (κ2) is 8.64. The maximum Gasteiger partial charge on any atom is 0.126 e. The number of methoxy groups -OCH3 is 2. The van der Waals surface area contributed by atoms with Gasteiger partial charge in [0.05, 0.1) is 20.8 Å². The Morgan fingerprint density at radius 1 is 1.05 bits per heavy atom. The van der Waals surface area contributed by atoms with E-state index in [1.165, 1.54) is 0 Å². The van der Waals surface area contributed by atoms with E-state index in [-0.39, 0.29) is 0 Å². The van der Waals surface area contributed by atoms with Crippen molar-refractivity contribution in [2.75, 3.05) is 27.4 Å². The molecule has 0 saturated heterocycles. The van der Waals surface area contributed by atoms with Crippen LogP contribution in [0.15, 0.2) is 18.2 Å². The van der Waals surface area contributed by atoms with Gasteiger partial charge in [-0.3, -0.25) is 0 Å². The molecule has 4 nitrogen and oxygen atoms in total. The average Bonchev–Trinajstić information content (AvgIpc) is 2.43. The quantitative estimate of drug-likeness (QED) is 0.698. The SMILES string of the molecule is CCNC(C)CCCOc1cc(OC)cc(OC)c1. The molecule has 0 bridgehead atoms. The highest BCUT2D eigenvalue weighted by atomic mass is 16.5. The van der Waals surface area contributed by atoms with Crippen molar-refractivity contribution in [3.63, 3.8) is 0 Å². The van der Waals surface area contributed by atoms with Gasteiger partial charge in [0, 0.05) is 24.2 Å². The van der Waals surface area contributed by atoms with Gasteiger partial charge in [0.25, 0.3) is 0 Å². The van der Waals surface area contributed by atoms with Crippen molar-refractivity contribution in [1.82, 2.24) is 5.32 Å². The molecule has 1 N–H and O–H groups in total. The van der Waals surface area contributed by atoms with Crippen molar-refractivity contribution in [3.8, 4) is 17.2 Å². The van der Waals surface area contributed by atoms with Gasteiger partial charge in [-0.2, -0.15) is 0 Å². The number of nitrogens with one attached hydrogen (secondary N) is 1. The molecule has 0 aliphatic rings. The molecular weight excluding hydrogens is 242 g/mol. The van der Waals surface area contributed by atoms with Crippen LogP contribution in [0.1, 0.15) is 26.7 Å². The summed E-state index contributed by atoms with van der Waals surface area (Å²) in [6, 6.07) is 6.11. The zero-order valence-corrected chi connectivity index (χ0v) is 12.4. The zero-order valence-electron chi connectivity index (χ0n) is 12.4. The van der Waals surface area contributed by atoms with Crippen LogP contribution < -0.4 is 19.5 Å². The first-order chi connectivity index (χ1) is 9.19. The second-order valence-corrected chi connectivity index (χ2v) is 4.50. The summed E-state index contributed by atoms with van der Waals surface area (Å²) in [7, 11) is 3.27. The monoisotopic (exact) mass is 267 g/mol. The predicted octanol–water partition coefficient (Wildman–Crippen LogP) is 2.86. The van der Waals surface area contributed by atoms with Gasteiger partial charge in [0.1, 0.15) is 17.2 Å². The van der Waals surface area contributed by atoms with Crippen molar-refractivity contribution < 1.29 is 14.2 Å².